The molecule has 1 N–H and O–H groups in total. The molecule has 1 aromatic heterocycles. The average Bonchev–Trinajstić information content (AvgIpc) is 2.95. The largest absolute Gasteiger partial charge is 0.508 e. The van der Waals surface area contributed by atoms with Gasteiger partial charge >= 0.3 is 0 Å². The van der Waals surface area contributed by atoms with E-state index in [0.29, 0.717) is 29.3 Å². The molecule has 27 heavy (non-hydrogen) atoms. The molecule has 0 radical (unpaired) electrons. The summed E-state index contributed by atoms with van der Waals surface area (Å²) in [7, 11) is 0. The van der Waals surface area contributed by atoms with Gasteiger partial charge in [-0.2, -0.15) is 0 Å². The molecule has 138 valence electrons. The molecule has 3 nitrogen and oxygen atoms in total. The lowest BCUT2D eigenvalue weighted by molar-refractivity contribution is -0.130. The Balaban J connectivity index is 1.54. The van der Waals surface area contributed by atoms with Crippen molar-refractivity contribution < 1.29 is 9.90 Å². The maximum absolute atomic E-state index is 13.4. The maximum Gasteiger partial charge on any atom is 0.146 e. The zero-order chi connectivity index (χ0) is 18.8. The summed E-state index contributed by atoms with van der Waals surface area (Å²) in [5.74, 6) is 2.04. The zero-order valence-electron chi connectivity index (χ0n) is 15.7. The minimum absolute atomic E-state index is 0.00349. The normalized spacial score (nSPS) is 34.7. The van der Waals surface area contributed by atoms with E-state index in [1.165, 1.54) is 5.56 Å². The molecule has 1 aromatic carbocycles. The third-order valence-corrected chi connectivity index (χ3v) is 7.60. The number of phenols is 1. The van der Waals surface area contributed by atoms with Crippen LogP contribution < -0.4 is 0 Å². The van der Waals surface area contributed by atoms with Crippen molar-refractivity contribution in [3.63, 3.8) is 0 Å². The van der Waals surface area contributed by atoms with Crippen LogP contribution in [-0.4, -0.2) is 15.9 Å². The Hall–Kier alpha value is -2.42. The van der Waals surface area contributed by atoms with Crippen molar-refractivity contribution >= 4 is 11.4 Å². The number of hydrogen-bond donors (Lipinski definition) is 1. The number of allylic oxidation sites excluding steroid dienone is 1. The third kappa shape index (κ3) is 2.33. The van der Waals surface area contributed by atoms with Gasteiger partial charge < -0.3 is 5.11 Å². The minimum atomic E-state index is -0.232. The standard InChI is InChI=1S/C24H25NO2/c1-14-11-21-18(17-4-3-16(26)12-19(14)17)5-8-24(2)22(21)13-20(23(24)27)15-6-9-25-10-7-15/h3-4,6-7,9-10,12,18,20-22,26H,1,5,8,11,13H2,2H3/t18-,20?,21-,22+,24+/m1/s1. The molecular formula is C24H25NO2. The second kappa shape index (κ2) is 5.79. The number of pyridine rings is 1. The van der Waals surface area contributed by atoms with E-state index in [0.717, 1.165) is 42.4 Å². The van der Waals surface area contributed by atoms with Crippen LogP contribution in [0.5, 0.6) is 5.75 Å². The molecule has 1 unspecified atom stereocenters. The van der Waals surface area contributed by atoms with Crippen LogP contribution in [0.2, 0.25) is 0 Å². The van der Waals surface area contributed by atoms with E-state index in [9.17, 15) is 9.90 Å². The molecule has 2 saturated carbocycles. The van der Waals surface area contributed by atoms with E-state index < -0.39 is 0 Å². The second-order valence-corrected chi connectivity index (χ2v) is 8.85. The number of benzene rings is 1. The summed E-state index contributed by atoms with van der Waals surface area (Å²) in [6.07, 6.45) is 7.43. The van der Waals surface area contributed by atoms with E-state index >= 15 is 0 Å². The molecule has 5 atom stereocenters. The lowest BCUT2D eigenvalue weighted by Crippen LogP contribution is -2.42. The first kappa shape index (κ1) is 16.7. The van der Waals surface area contributed by atoms with E-state index in [4.69, 9.17) is 0 Å². The van der Waals surface area contributed by atoms with Crippen LogP contribution >= 0.6 is 0 Å². The third-order valence-electron chi connectivity index (χ3n) is 7.60. The second-order valence-electron chi connectivity index (χ2n) is 8.85. The highest BCUT2D eigenvalue weighted by atomic mass is 16.3. The Labute approximate surface area is 160 Å². The van der Waals surface area contributed by atoms with Gasteiger partial charge in [0.15, 0.2) is 0 Å². The summed E-state index contributed by atoms with van der Waals surface area (Å²) >= 11 is 0. The number of ketones is 1. The Kier molecular flexibility index (Phi) is 3.59. The lowest BCUT2D eigenvalue weighted by atomic mass is 9.55. The van der Waals surface area contributed by atoms with Crippen LogP contribution in [0.1, 0.15) is 61.1 Å². The van der Waals surface area contributed by atoms with Gasteiger partial charge in [0.05, 0.1) is 0 Å². The summed E-state index contributed by atoms with van der Waals surface area (Å²) in [6.45, 7) is 6.52. The molecule has 3 aliphatic rings. The number of hydrogen-bond acceptors (Lipinski definition) is 3. The van der Waals surface area contributed by atoms with Crippen molar-refractivity contribution in [1.29, 1.82) is 0 Å². The number of nitrogens with zero attached hydrogens (tertiary/aromatic N) is 1. The van der Waals surface area contributed by atoms with Gasteiger partial charge in [0.1, 0.15) is 11.5 Å². The lowest BCUT2D eigenvalue weighted by Gasteiger charge is -2.48. The summed E-state index contributed by atoms with van der Waals surface area (Å²) < 4.78 is 0. The van der Waals surface area contributed by atoms with E-state index in [1.54, 1.807) is 18.5 Å². The number of Topliss-reactive ketones (excluding diaryl/α,β-unsaturated/α-hetero) is 1. The first-order valence-corrected chi connectivity index (χ1v) is 9.94. The smallest absolute Gasteiger partial charge is 0.146 e. The fraction of sp³-hybridized carbons (Fsp3) is 0.417. The number of aromatic nitrogens is 1. The van der Waals surface area contributed by atoms with Crippen molar-refractivity contribution in [2.75, 3.05) is 0 Å². The van der Waals surface area contributed by atoms with Crippen LogP contribution in [0.25, 0.3) is 5.57 Å². The maximum atomic E-state index is 13.4. The molecule has 5 rings (SSSR count). The highest BCUT2D eigenvalue weighted by Crippen LogP contribution is 2.63. The molecule has 0 saturated heterocycles. The van der Waals surface area contributed by atoms with Crippen LogP contribution in [-0.2, 0) is 4.79 Å². The highest BCUT2D eigenvalue weighted by Gasteiger charge is 2.58. The van der Waals surface area contributed by atoms with Crippen molar-refractivity contribution in [3.05, 3.63) is 66.0 Å². The van der Waals surface area contributed by atoms with Gasteiger partial charge in [-0.05, 0) is 90.0 Å². The minimum Gasteiger partial charge on any atom is -0.508 e. The number of carbonyl (C=O) groups is 1. The summed E-state index contributed by atoms with van der Waals surface area (Å²) in [5, 5.41) is 9.90. The van der Waals surface area contributed by atoms with Crippen LogP contribution in [0.4, 0.5) is 0 Å². The monoisotopic (exact) mass is 359 g/mol. The molecular weight excluding hydrogens is 334 g/mol. The van der Waals surface area contributed by atoms with Gasteiger partial charge in [0.2, 0.25) is 0 Å². The van der Waals surface area contributed by atoms with E-state index in [-0.39, 0.29) is 11.3 Å². The molecule has 2 fully saturated rings. The fourth-order valence-corrected chi connectivity index (χ4v) is 6.23. The highest BCUT2D eigenvalue weighted by molar-refractivity contribution is 5.93. The quantitative estimate of drug-likeness (QED) is 0.773. The molecule has 0 spiro atoms. The molecule has 0 bridgehead atoms. The van der Waals surface area contributed by atoms with Gasteiger partial charge in [-0.25, -0.2) is 0 Å². The molecule has 3 aliphatic carbocycles. The Morgan fingerprint density at radius 1 is 1.22 bits per heavy atom. The predicted octanol–water partition coefficient (Wildman–Crippen LogP) is 5.08. The molecule has 0 amide bonds. The SMILES string of the molecule is C=C1C[C@@H]2[C@H](CC[C@]3(C)C(=O)C(c4ccncc4)C[C@@H]23)c2ccc(O)cc21. The van der Waals surface area contributed by atoms with Crippen molar-refractivity contribution in [3.8, 4) is 5.75 Å². The van der Waals surface area contributed by atoms with Gasteiger partial charge in [-0.3, -0.25) is 9.78 Å². The Morgan fingerprint density at radius 2 is 2.00 bits per heavy atom. The number of carbonyl (C=O) groups excluding carboxylic acids is 1. The average molecular weight is 359 g/mol. The van der Waals surface area contributed by atoms with Crippen LogP contribution in [0.3, 0.4) is 0 Å². The van der Waals surface area contributed by atoms with Crippen molar-refractivity contribution in [1.82, 2.24) is 4.98 Å². The van der Waals surface area contributed by atoms with Crippen molar-refractivity contribution in [2.45, 2.75) is 44.4 Å². The van der Waals surface area contributed by atoms with E-state index in [1.807, 2.05) is 18.2 Å². The summed E-state index contributed by atoms with van der Waals surface area (Å²) in [6, 6.07) is 9.73. The van der Waals surface area contributed by atoms with Gasteiger partial charge in [0, 0.05) is 23.7 Å². The summed E-state index contributed by atoms with van der Waals surface area (Å²) in [4.78, 5) is 17.5. The topological polar surface area (TPSA) is 50.2 Å². The number of rotatable bonds is 1. The first-order valence-electron chi connectivity index (χ1n) is 9.94. The van der Waals surface area contributed by atoms with Crippen LogP contribution in [0.15, 0.2) is 49.3 Å². The fourth-order valence-electron chi connectivity index (χ4n) is 6.23. The number of phenolic OH excluding ortho intramolecular Hbond substituents is 1. The molecule has 0 aliphatic heterocycles. The molecule has 2 aromatic rings. The summed E-state index contributed by atoms with van der Waals surface area (Å²) in [5.41, 5.74) is 4.42. The Bertz CT molecular complexity index is 935. The van der Waals surface area contributed by atoms with E-state index in [2.05, 4.69) is 24.6 Å². The van der Waals surface area contributed by atoms with Gasteiger partial charge in [0.25, 0.3) is 0 Å². The molecule has 3 heteroatoms. The Morgan fingerprint density at radius 3 is 2.78 bits per heavy atom. The van der Waals surface area contributed by atoms with Crippen molar-refractivity contribution in [2.24, 2.45) is 17.3 Å². The number of fused-ring (bicyclic) bond motifs is 5. The first-order chi connectivity index (χ1) is 13.0. The number of aromatic hydroxyl groups is 1. The zero-order valence-corrected chi connectivity index (χ0v) is 15.7. The van der Waals surface area contributed by atoms with Gasteiger partial charge in [-0.15, -0.1) is 0 Å². The molecule has 1 heterocycles. The van der Waals surface area contributed by atoms with Crippen LogP contribution in [0, 0.1) is 17.3 Å². The predicted molar refractivity (Wildman–Crippen MR) is 105 cm³/mol. The van der Waals surface area contributed by atoms with Gasteiger partial charge in [-0.1, -0.05) is 19.6 Å².